The minimum atomic E-state index is -0.416. The maximum atomic E-state index is 12.5. The number of rotatable bonds is 7. The number of halogens is 1. The van der Waals surface area contributed by atoms with Gasteiger partial charge >= 0.3 is 5.97 Å². The molecular weight excluding hydrogens is 447 g/mol. The Bertz CT molecular complexity index is 711. The van der Waals surface area contributed by atoms with Crippen LogP contribution in [0.15, 0.2) is 36.7 Å². The Labute approximate surface area is 167 Å². The fourth-order valence-corrected chi connectivity index (χ4v) is 3.16. The molecule has 0 saturated carbocycles. The summed E-state index contributed by atoms with van der Waals surface area (Å²) in [6, 6.07) is 7.32. The van der Waals surface area contributed by atoms with Crippen LogP contribution in [0.5, 0.6) is 0 Å². The van der Waals surface area contributed by atoms with Crippen molar-refractivity contribution < 1.29 is 19.0 Å². The second-order valence-electron chi connectivity index (χ2n) is 6.29. The van der Waals surface area contributed by atoms with Gasteiger partial charge in [-0.3, -0.25) is 0 Å². The summed E-state index contributed by atoms with van der Waals surface area (Å²) in [7, 11) is 0. The van der Waals surface area contributed by atoms with Gasteiger partial charge in [0.05, 0.1) is 18.7 Å². The lowest BCUT2D eigenvalue weighted by atomic mass is 10.2. The molecule has 0 aliphatic carbocycles. The number of aromatic nitrogens is 2. The molecule has 6 nitrogen and oxygen atoms in total. The topological polar surface area (TPSA) is 62.6 Å². The predicted molar refractivity (Wildman–Crippen MR) is 105 cm³/mol. The first-order chi connectivity index (χ1) is 12.6. The molecule has 7 heteroatoms. The van der Waals surface area contributed by atoms with E-state index < -0.39 is 6.10 Å². The Hall–Kier alpha value is -1.45. The third-order valence-corrected chi connectivity index (χ3v) is 5.00. The molecule has 2 heterocycles. The van der Waals surface area contributed by atoms with Crippen molar-refractivity contribution in [2.24, 2.45) is 0 Å². The second-order valence-corrected chi connectivity index (χ2v) is 7.54. The van der Waals surface area contributed by atoms with Crippen molar-refractivity contribution >= 4 is 28.6 Å². The van der Waals surface area contributed by atoms with E-state index >= 15 is 0 Å². The summed E-state index contributed by atoms with van der Waals surface area (Å²) in [5.74, 6) is 0.520. The van der Waals surface area contributed by atoms with E-state index in [0.29, 0.717) is 18.7 Å². The van der Waals surface area contributed by atoms with Gasteiger partial charge in [-0.15, -0.1) is 0 Å². The quantitative estimate of drug-likeness (QED) is 0.458. The zero-order valence-corrected chi connectivity index (χ0v) is 16.9. The van der Waals surface area contributed by atoms with Crippen molar-refractivity contribution in [2.45, 2.75) is 45.1 Å². The van der Waals surface area contributed by atoms with Gasteiger partial charge in [0.2, 0.25) is 0 Å². The molecule has 2 aromatic rings. The van der Waals surface area contributed by atoms with Crippen molar-refractivity contribution in [3.8, 4) is 0 Å². The van der Waals surface area contributed by atoms with E-state index in [4.69, 9.17) is 14.2 Å². The summed E-state index contributed by atoms with van der Waals surface area (Å²) >= 11 is 2.20. The fraction of sp³-hybridized carbons (Fsp3) is 0.474. The maximum Gasteiger partial charge on any atom is 0.338 e. The Kier molecular flexibility index (Phi) is 7.04. The molecule has 1 saturated heterocycles. The molecule has 0 bridgehead atoms. The van der Waals surface area contributed by atoms with Crippen LogP contribution in [0.4, 0.5) is 0 Å². The lowest BCUT2D eigenvalue weighted by molar-refractivity contribution is -0.176. The monoisotopic (exact) mass is 470 g/mol. The van der Waals surface area contributed by atoms with Crippen molar-refractivity contribution in [3.05, 3.63) is 51.6 Å². The van der Waals surface area contributed by atoms with Gasteiger partial charge in [-0.05, 0) is 73.0 Å². The first-order valence-electron chi connectivity index (χ1n) is 8.79. The molecule has 26 heavy (non-hydrogen) atoms. The average molecular weight is 470 g/mol. The maximum absolute atomic E-state index is 12.5. The number of benzene rings is 1. The molecule has 1 aliphatic rings. The van der Waals surface area contributed by atoms with Crippen molar-refractivity contribution in [2.75, 3.05) is 13.2 Å². The molecule has 140 valence electrons. The van der Waals surface area contributed by atoms with E-state index in [9.17, 15) is 4.79 Å². The molecule has 2 atom stereocenters. The Morgan fingerprint density at radius 3 is 2.85 bits per heavy atom. The van der Waals surface area contributed by atoms with Gasteiger partial charge in [-0.25, -0.2) is 9.78 Å². The summed E-state index contributed by atoms with van der Waals surface area (Å²) < 4.78 is 20.2. The van der Waals surface area contributed by atoms with Crippen LogP contribution in [-0.4, -0.2) is 41.1 Å². The van der Waals surface area contributed by atoms with Gasteiger partial charge in [-0.2, -0.15) is 0 Å². The summed E-state index contributed by atoms with van der Waals surface area (Å²) in [6.45, 7) is 3.43. The summed E-state index contributed by atoms with van der Waals surface area (Å²) in [6.07, 6.45) is 6.02. The van der Waals surface area contributed by atoms with Gasteiger partial charge in [0.15, 0.2) is 6.29 Å². The van der Waals surface area contributed by atoms with Crippen LogP contribution in [0.2, 0.25) is 0 Å². The van der Waals surface area contributed by atoms with Crippen LogP contribution in [0.3, 0.4) is 0 Å². The number of imidazole rings is 1. The zero-order chi connectivity index (χ0) is 18.4. The van der Waals surface area contributed by atoms with E-state index in [1.54, 1.807) is 18.3 Å². The number of ether oxygens (including phenoxy) is 3. The standard InChI is InChI=1S/C19H23IN2O4/c1-14-21-9-10-22(14)12-17(13-25-18-4-2-3-11-24-18)26-19(23)15-5-7-16(20)8-6-15/h5-10,17-18H,2-4,11-13H2,1H3/t17-,18?/m1/s1. The number of esters is 1. The molecule has 1 aliphatic heterocycles. The van der Waals surface area contributed by atoms with E-state index in [0.717, 1.165) is 35.3 Å². The van der Waals surface area contributed by atoms with Crippen molar-refractivity contribution in [1.82, 2.24) is 9.55 Å². The lowest BCUT2D eigenvalue weighted by Crippen LogP contribution is -2.32. The molecule has 3 rings (SSSR count). The summed E-state index contributed by atoms with van der Waals surface area (Å²) in [5.41, 5.74) is 0.534. The van der Waals surface area contributed by atoms with Crippen molar-refractivity contribution in [3.63, 3.8) is 0 Å². The number of nitrogens with zero attached hydrogens (tertiary/aromatic N) is 2. The van der Waals surface area contributed by atoms with Crippen LogP contribution in [0.1, 0.15) is 35.4 Å². The van der Waals surface area contributed by atoms with Crippen LogP contribution >= 0.6 is 22.6 Å². The third-order valence-electron chi connectivity index (χ3n) is 4.28. The molecule has 1 fully saturated rings. The minimum Gasteiger partial charge on any atom is -0.454 e. The Morgan fingerprint density at radius 2 is 2.19 bits per heavy atom. The Morgan fingerprint density at radius 1 is 1.38 bits per heavy atom. The molecule has 1 unspecified atom stereocenters. The first-order valence-corrected chi connectivity index (χ1v) is 9.87. The molecule has 0 radical (unpaired) electrons. The van der Waals surface area contributed by atoms with Crippen LogP contribution < -0.4 is 0 Å². The van der Waals surface area contributed by atoms with Gasteiger partial charge in [0, 0.05) is 22.6 Å². The third kappa shape index (κ3) is 5.52. The molecule has 1 aromatic carbocycles. The fourth-order valence-electron chi connectivity index (χ4n) is 2.80. The number of carbonyl (C=O) groups is 1. The van der Waals surface area contributed by atoms with E-state index in [1.807, 2.05) is 29.8 Å². The molecule has 0 N–H and O–H groups in total. The van der Waals surface area contributed by atoms with Gasteiger partial charge < -0.3 is 18.8 Å². The predicted octanol–water partition coefficient (Wildman–Crippen LogP) is 3.56. The number of hydrogen-bond donors (Lipinski definition) is 0. The number of hydrogen-bond acceptors (Lipinski definition) is 5. The smallest absolute Gasteiger partial charge is 0.338 e. The van der Waals surface area contributed by atoms with Crippen LogP contribution in [0.25, 0.3) is 0 Å². The first kappa shape index (κ1) is 19.3. The Balaban J connectivity index is 1.63. The highest BCUT2D eigenvalue weighted by Crippen LogP contribution is 2.16. The van der Waals surface area contributed by atoms with E-state index in [2.05, 4.69) is 27.6 Å². The molecule has 1 aromatic heterocycles. The summed E-state index contributed by atoms with van der Waals surface area (Å²) in [5, 5.41) is 0. The highest BCUT2D eigenvalue weighted by Gasteiger charge is 2.21. The molecular formula is C19H23IN2O4. The highest BCUT2D eigenvalue weighted by molar-refractivity contribution is 14.1. The zero-order valence-electron chi connectivity index (χ0n) is 14.8. The SMILES string of the molecule is Cc1nccn1C[C@H](COC1CCCCO1)OC(=O)c1ccc(I)cc1. The second kappa shape index (κ2) is 9.48. The normalized spacial score (nSPS) is 18.5. The van der Waals surface area contributed by atoms with Crippen molar-refractivity contribution in [1.29, 1.82) is 0 Å². The minimum absolute atomic E-state index is 0.216. The lowest BCUT2D eigenvalue weighted by Gasteiger charge is -2.26. The number of aryl methyl sites for hydroxylation is 1. The van der Waals surface area contributed by atoms with E-state index in [1.165, 1.54) is 0 Å². The highest BCUT2D eigenvalue weighted by atomic mass is 127. The largest absolute Gasteiger partial charge is 0.454 e. The van der Waals surface area contributed by atoms with Crippen LogP contribution in [-0.2, 0) is 20.8 Å². The van der Waals surface area contributed by atoms with Gasteiger partial charge in [-0.1, -0.05) is 0 Å². The van der Waals surface area contributed by atoms with Crippen LogP contribution in [0, 0.1) is 10.5 Å². The van der Waals surface area contributed by atoms with Gasteiger partial charge in [0.1, 0.15) is 11.9 Å². The van der Waals surface area contributed by atoms with E-state index in [-0.39, 0.29) is 12.3 Å². The molecule has 0 amide bonds. The average Bonchev–Trinajstić information content (AvgIpc) is 3.05. The van der Waals surface area contributed by atoms with Gasteiger partial charge in [0.25, 0.3) is 0 Å². The summed E-state index contributed by atoms with van der Waals surface area (Å²) in [4.78, 5) is 16.7. The molecule has 0 spiro atoms. The number of carbonyl (C=O) groups excluding carboxylic acids is 1.